The lowest BCUT2D eigenvalue weighted by Gasteiger charge is -2.17. The predicted octanol–water partition coefficient (Wildman–Crippen LogP) is 5.97. The quantitative estimate of drug-likeness (QED) is 0.326. The number of hydrogen-bond acceptors (Lipinski definition) is 4. The molecule has 2 aliphatic rings. The van der Waals surface area contributed by atoms with Crippen molar-refractivity contribution in [2.45, 2.75) is 19.9 Å². The molecule has 0 radical (unpaired) electrons. The molecule has 0 spiro atoms. The summed E-state index contributed by atoms with van der Waals surface area (Å²) in [6.45, 7) is 2.62. The molecule has 0 amide bonds. The first-order valence-electron chi connectivity index (χ1n) is 10.9. The zero-order valence-corrected chi connectivity index (χ0v) is 18.8. The third-order valence-electron chi connectivity index (χ3n) is 5.99. The van der Waals surface area contributed by atoms with Gasteiger partial charge in [0.1, 0.15) is 17.2 Å². The van der Waals surface area contributed by atoms with Crippen LogP contribution in [0.1, 0.15) is 18.1 Å². The zero-order chi connectivity index (χ0) is 22.9. The van der Waals surface area contributed by atoms with Crippen LogP contribution in [0.25, 0.3) is 33.4 Å². The second-order valence-electron chi connectivity index (χ2n) is 7.97. The van der Waals surface area contributed by atoms with Crippen molar-refractivity contribution in [2.24, 2.45) is 0 Å². The van der Waals surface area contributed by atoms with E-state index < -0.39 is 0 Å². The summed E-state index contributed by atoms with van der Waals surface area (Å²) in [5.41, 5.74) is 6.57. The molecule has 5 nitrogen and oxygen atoms in total. The van der Waals surface area contributed by atoms with Gasteiger partial charge in [-0.25, -0.2) is 4.39 Å². The molecule has 6 heteroatoms. The third-order valence-corrected chi connectivity index (χ3v) is 5.99. The first kappa shape index (κ1) is 20.9. The summed E-state index contributed by atoms with van der Waals surface area (Å²) in [7, 11) is 3.22. The normalized spacial score (nSPS) is 11.3. The van der Waals surface area contributed by atoms with E-state index in [-0.39, 0.29) is 5.82 Å². The largest absolute Gasteiger partial charge is 0.493 e. The van der Waals surface area contributed by atoms with Crippen molar-refractivity contribution in [3.05, 3.63) is 83.8 Å². The van der Waals surface area contributed by atoms with Crippen molar-refractivity contribution in [3.8, 4) is 34.0 Å². The molecular weight excluding hydrogens is 417 g/mol. The Labute approximate surface area is 191 Å². The molecule has 5 rings (SSSR count). The van der Waals surface area contributed by atoms with Crippen LogP contribution in [0.5, 0.6) is 11.5 Å². The highest BCUT2D eigenvalue weighted by Gasteiger charge is 2.22. The molecule has 0 atom stereocenters. The fourth-order valence-corrected chi connectivity index (χ4v) is 4.24. The van der Waals surface area contributed by atoms with Gasteiger partial charge < -0.3 is 14.0 Å². The smallest absolute Gasteiger partial charge is 0.162 e. The standard InChI is InChI=1S/C27H24FN3O2/c1-4-17-8-10-19(11-9-17)26-22-16-31(15-18-6-5-7-20(28)12-18)23-14-25(33-3)24(32-2)13-21(23)27(22)30-29-26/h5-14,16H,4,15H2,1-3H3. The minimum atomic E-state index is -0.258. The molecule has 166 valence electrons. The monoisotopic (exact) mass is 441 g/mol. The Kier molecular flexibility index (Phi) is 5.42. The van der Waals surface area contributed by atoms with Crippen LogP contribution in [0.3, 0.4) is 0 Å². The van der Waals surface area contributed by atoms with Gasteiger partial charge in [0.05, 0.1) is 19.7 Å². The number of nitrogens with zero attached hydrogens (tertiary/aromatic N) is 3. The van der Waals surface area contributed by atoms with Crippen molar-refractivity contribution in [2.75, 3.05) is 14.2 Å². The Morgan fingerprint density at radius 2 is 1.58 bits per heavy atom. The number of aryl methyl sites for hydroxylation is 1. The van der Waals surface area contributed by atoms with Crippen molar-refractivity contribution in [1.82, 2.24) is 14.8 Å². The van der Waals surface area contributed by atoms with Crippen LogP contribution in [0.15, 0.2) is 66.9 Å². The van der Waals surface area contributed by atoms with E-state index in [9.17, 15) is 4.39 Å². The lowest BCUT2D eigenvalue weighted by molar-refractivity contribution is 0.355. The van der Waals surface area contributed by atoms with E-state index in [4.69, 9.17) is 9.47 Å². The SMILES string of the molecule is CCc1ccc(-c2nnc3c4cc(OC)c(OC)cc4n(Cc4cccc(F)c4)cc2-3)cc1. The number of hydrogen-bond donors (Lipinski definition) is 0. The molecule has 2 heterocycles. The molecule has 33 heavy (non-hydrogen) atoms. The summed E-state index contributed by atoms with van der Waals surface area (Å²) >= 11 is 0. The van der Waals surface area contributed by atoms with Gasteiger partial charge in [0, 0.05) is 35.3 Å². The fourth-order valence-electron chi connectivity index (χ4n) is 4.24. The van der Waals surface area contributed by atoms with E-state index in [1.165, 1.54) is 11.6 Å². The minimum absolute atomic E-state index is 0.258. The van der Waals surface area contributed by atoms with E-state index in [0.29, 0.717) is 18.0 Å². The number of ether oxygens (including phenoxy) is 2. The van der Waals surface area contributed by atoms with Gasteiger partial charge in [0.15, 0.2) is 11.5 Å². The summed E-state index contributed by atoms with van der Waals surface area (Å²) in [5.74, 6) is 0.977. The number of pyridine rings is 1. The molecule has 0 saturated carbocycles. The van der Waals surface area contributed by atoms with E-state index >= 15 is 0 Å². The lowest BCUT2D eigenvalue weighted by atomic mass is 10.00. The van der Waals surface area contributed by atoms with E-state index in [1.807, 2.05) is 24.4 Å². The van der Waals surface area contributed by atoms with Crippen LogP contribution >= 0.6 is 0 Å². The first-order chi connectivity index (χ1) is 16.1. The van der Waals surface area contributed by atoms with Crippen molar-refractivity contribution < 1.29 is 13.9 Å². The topological polar surface area (TPSA) is 49.2 Å². The van der Waals surface area contributed by atoms with Gasteiger partial charge in [-0.2, -0.15) is 0 Å². The van der Waals surface area contributed by atoms with Gasteiger partial charge in [-0.15, -0.1) is 10.2 Å². The molecular formula is C27H24FN3O2. The maximum absolute atomic E-state index is 13.9. The highest BCUT2D eigenvalue weighted by molar-refractivity contribution is 5.99. The van der Waals surface area contributed by atoms with Crippen molar-refractivity contribution in [3.63, 3.8) is 0 Å². The number of halogens is 1. The van der Waals surface area contributed by atoms with Crippen LogP contribution in [0.2, 0.25) is 0 Å². The Balaban J connectivity index is 1.75. The van der Waals surface area contributed by atoms with Gasteiger partial charge in [-0.05, 0) is 35.7 Å². The fraction of sp³-hybridized carbons (Fsp3) is 0.185. The van der Waals surface area contributed by atoms with E-state index in [0.717, 1.165) is 45.4 Å². The number of methoxy groups -OCH3 is 2. The lowest BCUT2D eigenvalue weighted by Crippen LogP contribution is -2.05. The van der Waals surface area contributed by atoms with Gasteiger partial charge >= 0.3 is 0 Å². The molecule has 3 aromatic carbocycles. The van der Waals surface area contributed by atoms with E-state index in [2.05, 4.69) is 46.0 Å². The maximum atomic E-state index is 13.9. The molecule has 0 fully saturated rings. The van der Waals surface area contributed by atoms with Crippen molar-refractivity contribution in [1.29, 1.82) is 0 Å². The summed E-state index contributed by atoms with van der Waals surface area (Å²) in [6, 6.07) is 18.9. The maximum Gasteiger partial charge on any atom is 0.162 e. The van der Waals surface area contributed by atoms with Crippen LogP contribution in [0, 0.1) is 5.82 Å². The Morgan fingerprint density at radius 1 is 0.848 bits per heavy atom. The predicted molar refractivity (Wildman–Crippen MR) is 128 cm³/mol. The van der Waals surface area contributed by atoms with E-state index in [1.54, 1.807) is 26.4 Å². The van der Waals surface area contributed by atoms with Crippen LogP contribution in [-0.4, -0.2) is 29.0 Å². The Morgan fingerprint density at radius 3 is 2.27 bits per heavy atom. The van der Waals surface area contributed by atoms with Gasteiger partial charge in [0.2, 0.25) is 0 Å². The molecule has 0 unspecified atom stereocenters. The average Bonchev–Trinajstić information content (AvgIpc) is 3.27. The third kappa shape index (κ3) is 3.78. The average molecular weight is 442 g/mol. The van der Waals surface area contributed by atoms with Crippen molar-refractivity contribution >= 4 is 10.9 Å². The van der Waals surface area contributed by atoms with Crippen LogP contribution in [-0.2, 0) is 13.0 Å². The molecule has 3 aromatic rings. The second-order valence-corrected chi connectivity index (χ2v) is 7.97. The summed E-state index contributed by atoms with van der Waals surface area (Å²) in [6.07, 6.45) is 3.02. The number of aromatic nitrogens is 3. The molecule has 0 aliphatic carbocycles. The summed E-state index contributed by atoms with van der Waals surface area (Å²) in [4.78, 5) is 0. The minimum Gasteiger partial charge on any atom is -0.493 e. The molecule has 0 N–H and O–H groups in total. The summed E-state index contributed by atoms with van der Waals surface area (Å²) in [5, 5.41) is 9.97. The molecule has 2 aliphatic heterocycles. The van der Waals surface area contributed by atoms with Gasteiger partial charge in [-0.1, -0.05) is 43.3 Å². The number of benzene rings is 3. The highest BCUT2D eigenvalue weighted by Crippen LogP contribution is 2.41. The van der Waals surface area contributed by atoms with Gasteiger partial charge in [-0.3, -0.25) is 0 Å². The first-order valence-corrected chi connectivity index (χ1v) is 10.9. The molecule has 0 bridgehead atoms. The summed E-state index contributed by atoms with van der Waals surface area (Å²) < 4.78 is 27.1. The number of fused-ring (bicyclic) bond motifs is 3. The van der Waals surface area contributed by atoms with Gasteiger partial charge in [0.25, 0.3) is 0 Å². The zero-order valence-electron chi connectivity index (χ0n) is 18.8. The second kappa shape index (κ2) is 8.54. The molecule has 0 aromatic heterocycles. The Bertz CT molecular complexity index is 1410. The van der Waals surface area contributed by atoms with Crippen LogP contribution < -0.4 is 9.47 Å². The number of rotatable bonds is 6. The highest BCUT2D eigenvalue weighted by atomic mass is 19.1. The van der Waals surface area contributed by atoms with Crippen LogP contribution in [0.4, 0.5) is 4.39 Å². The molecule has 0 saturated heterocycles. The Hall–Kier alpha value is -3.93.